The largest absolute Gasteiger partial charge is 0.316 e. The van der Waals surface area contributed by atoms with Gasteiger partial charge in [-0.3, -0.25) is 0 Å². The molecule has 1 aliphatic carbocycles. The van der Waals surface area contributed by atoms with Crippen molar-refractivity contribution in [2.24, 2.45) is 5.41 Å². The minimum Gasteiger partial charge on any atom is -0.316 e. The molecule has 1 aliphatic rings. The molecule has 0 bridgehead atoms. The Morgan fingerprint density at radius 1 is 0.882 bits per heavy atom. The van der Waals surface area contributed by atoms with E-state index in [4.69, 9.17) is 0 Å². The van der Waals surface area contributed by atoms with E-state index in [1.165, 1.54) is 83.7 Å². The molecule has 0 aromatic rings. The molecule has 102 valence electrons. The average molecular weight is 239 g/mol. The van der Waals surface area contributed by atoms with Crippen molar-refractivity contribution in [2.75, 3.05) is 13.1 Å². The van der Waals surface area contributed by atoms with Gasteiger partial charge in [-0.2, -0.15) is 0 Å². The minimum atomic E-state index is 0.668. The van der Waals surface area contributed by atoms with Gasteiger partial charge in [-0.1, -0.05) is 58.8 Å². The zero-order chi connectivity index (χ0) is 12.4. The molecular formula is C16H33N. The lowest BCUT2D eigenvalue weighted by molar-refractivity contribution is 0.161. The molecule has 0 spiro atoms. The molecule has 1 heteroatoms. The predicted octanol–water partition coefficient (Wildman–Crippen LogP) is 4.91. The maximum atomic E-state index is 3.69. The smallest absolute Gasteiger partial charge is 0.000780 e. The van der Waals surface area contributed by atoms with E-state index in [-0.39, 0.29) is 0 Å². The molecule has 0 aliphatic heterocycles. The van der Waals surface area contributed by atoms with Gasteiger partial charge in [0.1, 0.15) is 0 Å². The molecule has 0 heterocycles. The maximum absolute atomic E-state index is 3.69. The van der Waals surface area contributed by atoms with Crippen LogP contribution in [0.25, 0.3) is 0 Å². The van der Waals surface area contributed by atoms with Gasteiger partial charge in [0.15, 0.2) is 0 Å². The van der Waals surface area contributed by atoms with Crippen molar-refractivity contribution in [2.45, 2.75) is 84.5 Å². The van der Waals surface area contributed by atoms with E-state index in [1.807, 2.05) is 0 Å². The van der Waals surface area contributed by atoms with Gasteiger partial charge < -0.3 is 5.32 Å². The first kappa shape index (κ1) is 15.0. The molecule has 0 unspecified atom stereocenters. The van der Waals surface area contributed by atoms with Crippen LogP contribution in [-0.2, 0) is 0 Å². The Morgan fingerprint density at radius 3 is 2.29 bits per heavy atom. The molecule has 1 N–H and O–H groups in total. The number of unbranched alkanes of at least 4 members (excludes halogenated alkanes) is 3. The van der Waals surface area contributed by atoms with Gasteiger partial charge in [0.25, 0.3) is 0 Å². The van der Waals surface area contributed by atoms with Crippen molar-refractivity contribution in [1.29, 1.82) is 0 Å². The summed E-state index contributed by atoms with van der Waals surface area (Å²) in [4.78, 5) is 0. The van der Waals surface area contributed by atoms with E-state index in [9.17, 15) is 0 Å². The molecule has 1 fully saturated rings. The first-order valence-corrected chi connectivity index (χ1v) is 8.04. The van der Waals surface area contributed by atoms with Crippen LogP contribution >= 0.6 is 0 Å². The fourth-order valence-electron chi connectivity index (χ4n) is 3.27. The fraction of sp³-hybridized carbons (Fsp3) is 1.00. The number of nitrogens with one attached hydrogen (secondary N) is 1. The lowest BCUT2D eigenvalue weighted by Crippen LogP contribution is -2.36. The van der Waals surface area contributed by atoms with Gasteiger partial charge in [0.05, 0.1) is 0 Å². The maximum Gasteiger partial charge on any atom is 0.000780 e. The molecule has 0 aromatic carbocycles. The Kier molecular flexibility index (Phi) is 7.92. The summed E-state index contributed by atoms with van der Waals surface area (Å²) < 4.78 is 0. The highest BCUT2D eigenvalue weighted by Crippen LogP contribution is 2.40. The highest BCUT2D eigenvalue weighted by molar-refractivity contribution is 4.84. The predicted molar refractivity (Wildman–Crippen MR) is 77.4 cm³/mol. The van der Waals surface area contributed by atoms with Crippen molar-refractivity contribution in [3.8, 4) is 0 Å². The normalized spacial score (nSPS) is 19.4. The summed E-state index contributed by atoms with van der Waals surface area (Å²) in [6.07, 6.45) is 15.8. The van der Waals surface area contributed by atoms with Gasteiger partial charge in [0, 0.05) is 6.54 Å². The van der Waals surface area contributed by atoms with E-state index in [0.29, 0.717) is 5.41 Å². The van der Waals surface area contributed by atoms with Crippen LogP contribution in [-0.4, -0.2) is 13.1 Å². The van der Waals surface area contributed by atoms with Gasteiger partial charge >= 0.3 is 0 Å². The van der Waals surface area contributed by atoms with E-state index in [1.54, 1.807) is 0 Å². The van der Waals surface area contributed by atoms with Crippen molar-refractivity contribution >= 4 is 0 Å². The Labute approximate surface area is 109 Å². The molecule has 0 amide bonds. The van der Waals surface area contributed by atoms with E-state index < -0.39 is 0 Å². The Morgan fingerprint density at radius 2 is 1.65 bits per heavy atom. The Balaban J connectivity index is 2.29. The first-order valence-electron chi connectivity index (χ1n) is 8.04. The Hall–Kier alpha value is -0.0400. The molecule has 0 aromatic heterocycles. The molecule has 1 nitrogen and oxygen atoms in total. The number of hydrogen-bond donors (Lipinski definition) is 1. The van der Waals surface area contributed by atoms with Crippen LogP contribution < -0.4 is 5.32 Å². The molecule has 0 radical (unpaired) electrons. The van der Waals surface area contributed by atoms with E-state index in [2.05, 4.69) is 19.2 Å². The molecule has 0 saturated heterocycles. The van der Waals surface area contributed by atoms with Crippen molar-refractivity contribution in [3.63, 3.8) is 0 Å². The van der Waals surface area contributed by atoms with Gasteiger partial charge in [0.2, 0.25) is 0 Å². The van der Waals surface area contributed by atoms with Crippen LogP contribution in [0.5, 0.6) is 0 Å². The topological polar surface area (TPSA) is 12.0 Å². The van der Waals surface area contributed by atoms with Crippen LogP contribution in [0.15, 0.2) is 0 Å². The van der Waals surface area contributed by atoms with Gasteiger partial charge in [-0.15, -0.1) is 0 Å². The molecule has 1 saturated carbocycles. The van der Waals surface area contributed by atoms with Crippen molar-refractivity contribution in [1.82, 2.24) is 5.32 Å². The Bertz CT molecular complexity index is 170. The third-order valence-corrected chi connectivity index (χ3v) is 4.40. The fourth-order valence-corrected chi connectivity index (χ4v) is 3.27. The third-order valence-electron chi connectivity index (χ3n) is 4.40. The second-order valence-electron chi connectivity index (χ2n) is 6.05. The highest BCUT2D eigenvalue weighted by atomic mass is 14.9. The lowest BCUT2D eigenvalue weighted by atomic mass is 9.70. The standard InChI is InChI=1S/C16H33N/c1-3-5-6-8-11-16(15-17-14-4-2)12-9-7-10-13-16/h17H,3-15H2,1-2H3. The monoisotopic (exact) mass is 239 g/mol. The summed E-state index contributed by atoms with van der Waals surface area (Å²) in [5, 5.41) is 3.69. The van der Waals surface area contributed by atoms with E-state index in [0.717, 1.165) is 0 Å². The molecular weight excluding hydrogens is 206 g/mol. The van der Waals surface area contributed by atoms with Crippen LogP contribution in [0.2, 0.25) is 0 Å². The van der Waals surface area contributed by atoms with Crippen LogP contribution in [0.4, 0.5) is 0 Å². The second kappa shape index (κ2) is 8.97. The van der Waals surface area contributed by atoms with Crippen molar-refractivity contribution < 1.29 is 0 Å². The number of rotatable bonds is 9. The quantitative estimate of drug-likeness (QED) is 0.564. The van der Waals surface area contributed by atoms with Gasteiger partial charge in [-0.25, -0.2) is 0 Å². The highest BCUT2D eigenvalue weighted by Gasteiger charge is 2.30. The van der Waals surface area contributed by atoms with Crippen LogP contribution in [0.1, 0.15) is 84.5 Å². The van der Waals surface area contributed by atoms with Crippen molar-refractivity contribution in [3.05, 3.63) is 0 Å². The summed E-state index contributed by atoms with van der Waals surface area (Å²) in [5.41, 5.74) is 0.668. The second-order valence-corrected chi connectivity index (χ2v) is 6.05. The summed E-state index contributed by atoms with van der Waals surface area (Å²) >= 11 is 0. The SMILES string of the molecule is CCCCCCC1(CNCCC)CCCCC1. The molecule has 0 atom stereocenters. The lowest BCUT2D eigenvalue weighted by Gasteiger charge is -2.38. The van der Waals surface area contributed by atoms with Gasteiger partial charge in [-0.05, 0) is 37.6 Å². The third kappa shape index (κ3) is 5.90. The number of hydrogen-bond acceptors (Lipinski definition) is 1. The zero-order valence-corrected chi connectivity index (χ0v) is 12.2. The van der Waals surface area contributed by atoms with E-state index >= 15 is 0 Å². The van der Waals surface area contributed by atoms with Crippen LogP contribution in [0, 0.1) is 5.41 Å². The van der Waals surface area contributed by atoms with Crippen LogP contribution in [0.3, 0.4) is 0 Å². The summed E-state index contributed by atoms with van der Waals surface area (Å²) in [6.45, 7) is 7.06. The zero-order valence-electron chi connectivity index (χ0n) is 12.2. The average Bonchev–Trinajstić information content (AvgIpc) is 2.36. The molecule has 17 heavy (non-hydrogen) atoms. The summed E-state index contributed by atoms with van der Waals surface area (Å²) in [5.74, 6) is 0. The molecule has 1 rings (SSSR count). The first-order chi connectivity index (χ1) is 8.33. The minimum absolute atomic E-state index is 0.668. The summed E-state index contributed by atoms with van der Waals surface area (Å²) in [6, 6.07) is 0. The summed E-state index contributed by atoms with van der Waals surface area (Å²) in [7, 11) is 0.